The van der Waals surface area contributed by atoms with Crippen LogP contribution in [0.25, 0.3) is 0 Å². The van der Waals surface area contributed by atoms with Crippen molar-refractivity contribution >= 4 is 5.97 Å². The molecule has 0 aromatic heterocycles. The number of carboxylic acid groups (broad SMARTS) is 1. The first kappa shape index (κ1) is 17.0. The van der Waals surface area contributed by atoms with Gasteiger partial charge >= 0.3 is 31.0 Å². The van der Waals surface area contributed by atoms with Gasteiger partial charge in [0.05, 0.1) is 11.1 Å². The fourth-order valence-corrected chi connectivity index (χ4v) is 1.44. The van der Waals surface area contributed by atoms with Gasteiger partial charge in [0.1, 0.15) is 0 Å². The number of aromatic carboxylic acids is 1. The molecule has 0 amide bonds. The van der Waals surface area contributed by atoms with E-state index < -0.39 is 17.7 Å². The minimum Gasteiger partial charge on any atom is -1.00 e. The molecule has 1 aromatic carbocycles. The Morgan fingerprint density at radius 2 is 1.89 bits per heavy atom. The Morgan fingerprint density at radius 3 is 2.28 bits per heavy atom. The van der Waals surface area contributed by atoms with Crippen LogP contribution >= 0.6 is 0 Å². The van der Waals surface area contributed by atoms with Crippen LogP contribution in [0.5, 0.6) is 0 Å². The summed E-state index contributed by atoms with van der Waals surface area (Å²) in [7, 11) is 3.39. The van der Waals surface area contributed by atoms with Crippen molar-refractivity contribution in [2.45, 2.75) is 12.7 Å². The number of benzene rings is 1. The summed E-state index contributed by atoms with van der Waals surface area (Å²) in [5, 5.41) is 8.75. The van der Waals surface area contributed by atoms with Crippen molar-refractivity contribution in [2.75, 3.05) is 14.1 Å². The molecule has 0 atom stereocenters. The smallest absolute Gasteiger partial charge is 1.00 e. The molecule has 0 aliphatic rings. The van der Waals surface area contributed by atoms with Crippen LogP contribution in [0.1, 0.15) is 22.9 Å². The van der Waals surface area contributed by atoms with Crippen LogP contribution in [0.3, 0.4) is 0 Å². The maximum atomic E-state index is 12.5. The van der Waals surface area contributed by atoms with Gasteiger partial charge in [0.25, 0.3) is 0 Å². The van der Waals surface area contributed by atoms with E-state index in [9.17, 15) is 18.0 Å². The number of hydrogen-bond donors (Lipinski definition) is 1. The van der Waals surface area contributed by atoms with E-state index in [-0.39, 0.29) is 32.4 Å². The minimum atomic E-state index is -4.54. The fraction of sp³-hybridized carbons (Fsp3) is 0.364. The second kappa shape index (κ2) is 6.28. The first-order valence-corrected chi connectivity index (χ1v) is 4.79. The number of carbonyl (C=O) groups is 1. The van der Waals surface area contributed by atoms with Gasteiger partial charge in [0.15, 0.2) is 0 Å². The monoisotopic (exact) mass is 255 g/mol. The van der Waals surface area contributed by atoms with Crippen molar-refractivity contribution in [2.24, 2.45) is 0 Å². The van der Waals surface area contributed by atoms with E-state index in [1.807, 2.05) is 0 Å². The van der Waals surface area contributed by atoms with Crippen LogP contribution in [0.2, 0.25) is 0 Å². The molecule has 7 heteroatoms. The number of nitrogens with zero attached hydrogens (tertiary/aromatic N) is 1. The summed E-state index contributed by atoms with van der Waals surface area (Å²) in [5.41, 5.74) is -0.965. The summed E-state index contributed by atoms with van der Waals surface area (Å²) in [6.45, 7) is 0.254. The van der Waals surface area contributed by atoms with E-state index >= 15 is 0 Å². The van der Waals surface area contributed by atoms with Crippen molar-refractivity contribution in [3.63, 3.8) is 0 Å². The largest absolute Gasteiger partial charge is 1.00 e. The molecule has 0 spiro atoms. The minimum absolute atomic E-state index is 0. The van der Waals surface area contributed by atoms with Gasteiger partial charge in [-0.25, -0.2) is 4.79 Å². The number of hydrogen-bond acceptors (Lipinski definition) is 2. The molecular formula is C11H13F3LiNO2. The van der Waals surface area contributed by atoms with E-state index in [1.165, 1.54) is 6.07 Å². The van der Waals surface area contributed by atoms with E-state index in [1.54, 1.807) is 19.0 Å². The molecule has 0 fully saturated rings. The molecule has 0 bridgehead atoms. The van der Waals surface area contributed by atoms with Gasteiger partial charge in [-0.2, -0.15) is 13.2 Å². The Kier molecular flexibility index (Phi) is 5.94. The Morgan fingerprint density at radius 1 is 1.33 bits per heavy atom. The molecule has 0 unspecified atom stereocenters. The van der Waals surface area contributed by atoms with Gasteiger partial charge in [-0.1, -0.05) is 0 Å². The Hall–Kier alpha value is -0.963. The van der Waals surface area contributed by atoms with Gasteiger partial charge in [-0.05, 0) is 37.9 Å². The van der Waals surface area contributed by atoms with E-state index in [0.29, 0.717) is 11.6 Å². The first-order valence-electron chi connectivity index (χ1n) is 4.79. The van der Waals surface area contributed by atoms with Crippen molar-refractivity contribution in [1.29, 1.82) is 0 Å². The van der Waals surface area contributed by atoms with Crippen LogP contribution in [0, 0.1) is 0 Å². The van der Waals surface area contributed by atoms with Gasteiger partial charge in [0, 0.05) is 6.54 Å². The third-order valence-corrected chi connectivity index (χ3v) is 2.07. The predicted molar refractivity (Wildman–Crippen MR) is 56.9 cm³/mol. The molecular weight excluding hydrogens is 242 g/mol. The number of rotatable bonds is 3. The molecule has 0 aliphatic heterocycles. The first-order chi connectivity index (χ1) is 7.70. The maximum absolute atomic E-state index is 12.5. The average molecular weight is 255 g/mol. The number of halogens is 3. The average Bonchev–Trinajstić information content (AvgIpc) is 2.14. The summed E-state index contributed by atoms with van der Waals surface area (Å²) < 4.78 is 37.6. The summed E-state index contributed by atoms with van der Waals surface area (Å²) in [6.07, 6.45) is -4.54. The predicted octanol–water partition coefficient (Wildman–Crippen LogP) is -0.418. The molecule has 0 saturated carbocycles. The normalized spacial score (nSPS) is 11.2. The van der Waals surface area contributed by atoms with Gasteiger partial charge in [-0.3, -0.25) is 0 Å². The zero-order valence-electron chi connectivity index (χ0n) is 11.4. The van der Waals surface area contributed by atoms with Crippen molar-refractivity contribution < 1.29 is 43.4 Å². The fourth-order valence-electron chi connectivity index (χ4n) is 1.44. The standard InChI is InChI=1S/C11H12F3NO2.Li.H/c1-15(2)6-7-3-8(10(16)17)5-9(4-7)11(12,13)14;;/h3-5H,6H2,1-2H3,(H,16,17);;/q;+1;-1. The zero-order valence-corrected chi connectivity index (χ0v) is 10.4. The molecule has 3 nitrogen and oxygen atoms in total. The number of carboxylic acids is 1. The summed E-state index contributed by atoms with van der Waals surface area (Å²) in [6, 6.07) is 2.85. The molecule has 0 aliphatic carbocycles. The molecule has 1 aromatic rings. The Labute approximate surface area is 116 Å². The third kappa shape index (κ3) is 4.73. The summed E-state index contributed by atoms with van der Waals surface area (Å²) in [5.74, 6) is -1.36. The van der Waals surface area contributed by atoms with Gasteiger partial charge < -0.3 is 11.4 Å². The van der Waals surface area contributed by atoms with Crippen LogP contribution in [0.15, 0.2) is 18.2 Å². The van der Waals surface area contributed by atoms with Crippen molar-refractivity contribution in [3.05, 3.63) is 34.9 Å². The van der Waals surface area contributed by atoms with Crippen LogP contribution in [-0.4, -0.2) is 30.1 Å². The van der Waals surface area contributed by atoms with Crippen LogP contribution in [-0.2, 0) is 12.7 Å². The quantitative estimate of drug-likeness (QED) is 0.746. The second-order valence-electron chi connectivity index (χ2n) is 3.96. The maximum Gasteiger partial charge on any atom is 1.00 e. The van der Waals surface area contributed by atoms with E-state index in [2.05, 4.69) is 0 Å². The van der Waals surface area contributed by atoms with Crippen molar-refractivity contribution in [3.8, 4) is 0 Å². The molecule has 0 saturated heterocycles. The van der Waals surface area contributed by atoms with E-state index in [4.69, 9.17) is 5.11 Å². The molecule has 0 radical (unpaired) electrons. The molecule has 18 heavy (non-hydrogen) atoms. The molecule has 0 heterocycles. The molecule has 1 rings (SSSR count). The SMILES string of the molecule is CN(C)Cc1cc(C(=O)O)cc(C(F)(F)F)c1.[H-].[Li+]. The Balaban J connectivity index is 0. The van der Waals surface area contributed by atoms with Crippen molar-refractivity contribution in [1.82, 2.24) is 4.90 Å². The topological polar surface area (TPSA) is 40.5 Å². The molecule has 1 N–H and O–H groups in total. The third-order valence-electron chi connectivity index (χ3n) is 2.07. The summed E-state index contributed by atoms with van der Waals surface area (Å²) >= 11 is 0. The van der Waals surface area contributed by atoms with E-state index in [0.717, 1.165) is 6.07 Å². The zero-order chi connectivity index (χ0) is 13.2. The molecule has 96 valence electrons. The van der Waals surface area contributed by atoms with Crippen LogP contribution in [0.4, 0.5) is 13.2 Å². The summed E-state index contributed by atoms with van der Waals surface area (Å²) in [4.78, 5) is 12.4. The van der Waals surface area contributed by atoms with Gasteiger partial charge in [-0.15, -0.1) is 0 Å². The number of alkyl halides is 3. The second-order valence-corrected chi connectivity index (χ2v) is 3.96. The Bertz CT molecular complexity index is 438. The van der Waals surface area contributed by atoms with Gasteiger partial charge in [0.2, 0.25) is 0 Å². The van der Waals surface area contributed by atoms with Crippen LogP contribution < -0.4 is 18.9 Å².